The third-order valence-corrected chi connectivity index (χ3v) is 5.80. The summed E-state index contributed by atoms with van der Waals surface area (Å²) < 4.78 is 0.642. The van der Waals surface area contributed by atoms with E-state index in [-0.39, 0.29) is 0 Å². The van der Waals surface area contributed by atoms with Gasteiger partial charge in [0.05, 0.1) is 0 Å². The van der Waals surface area contributed by atoms with Crippen LogP contribution in [0.4, 0.5) is 0 Å². The molecule has 0 radical (unpaired) electrons. The molecular weight excluding hydrogens is 228 g/mol. The normalized spacial score (nSPS) is 32.6. The van der Waals surface area contributed by atoms with Crippen LogP contribution in [0.15, 0.2) is 0 Å². The fourth-order valence-electron chi connectivity index (χ4n) is 2.98. The lowest BCUT2D eigenvalue weighted by molar-refractivity contribution is 0.146. The van der Waals surface area contributed by atoms with Crippen molar-refractivity contribution < 1.29 is 0 Å². The Morgan fingerprint density at radius 1 is 1.41 bits per heavy atom. The molecule has 100 valence electrons. The zero-order valence-corrected chi connectivity index (χ0v) is 12.5. The van der Waals surface area contributed by atoms with Crippen molar-refractivity contribution in [3.63, 3.8) is 0 Å². The van der Waals surface area contributed by atoms with Crippen molar-refractivity contribution in [2.24, 2.45) is 5.92 Å². The molecule has 0 amide bonds. The molecule has 2 rings (SSSR count). The lowest BCUT2D eigenvalue weighted by atomic mass is 9.93. The molecule has 0 bridgehead atoms. The van der Waals surface area contributed by atoms with Gasteiger partial charge in [-0.05, 0) is 50.9 Å². The summed E-state index contributed by atoms with van der Waals surface area (Å²) in [5, 5.41) is 3.70. The summed E-state index contributed by atoms with van der Waals surface area (Å²) >= 11 is 2.09. The SMILES string of the molecule is CCCNC1CCN(CC2(SC)CC2)CC1C. The van der Waals surface area contributed by atoms with Crippen LogP contribution in [0.3, 0.4) is 0 Å². The molecular formula is C14H28N2S. The Morgan fingerprint density at radius 3 is 2.71 bits per heavy atom. The highest BCUT2D eigenvalue weighted by atomic mass is 32.2. The highest BCUT2D eigenvalue weighted by Crippen LogP contribution is 2.47. The lowest BCUT2D eigenvalue weighted by Gasteiger charge is -2.38. The van der Waals surface area contributed by atoms with E-state index in [1.165, 1.54) is 51.9 Å². The van der Waals surface area contributed by atoms with Gasteiger partial charge >= 0.3 is 0 Å². The van der Waals surface area contributed by atoms with Gasteiger partial charge in [-0.1, -0.05) is 13.8 Å². The minimum absolute atomic E-state index is 0.642. The van der Waals surface area contributed by atoms with Crippen LogP contribution in [0.5, 0.6) is 0 Å². The van der Waals surface area contributed by atoms with Gasteiger partial charge in [-0.15, -0.1) is 0 Å². The van der Waals surface area contributed by atoms with Gasteiger partial charge in [0, 0.05) is 23.9 Å². The monoisotopic (exact) mass is 256 g/mol. The van der Waals surface area contributed by atoms with Gasteiger partial charge in [-0.25, -0.2) is 0 Å². The van der Waals surface area contributed by atoms with Crippen LogP contribution in [0.1, 0.15) is 39.5 Å². The van der Waals surface area contributed by atoms with Crippen LogP contribution in [0, 0.1) is 5.92 Å². The van der Waals surface area contributed by atoms with E-state index in [1.807, 2.05) is 0 Å². The van der Waals surface area contributed by atoms with E-state index in [4.69, 9.17) is 0 Å². The molecule has 1 aliphatic carbocycles. The highest BCUT2D eigenvalue weighted by molar-refractivity contribution is 8.00. The fourth-order valence-corrected chi connectivity index (χ4v) is 3.80. The molecule has 2 atom stereocenters. The Kier molecular flexibility index (Phi) is 4.79. The predicted molar refractivity (Wildman–Crippen MR) is 77.8 cm³/mol. The van der Waals surface area contributed by atoms with Crippen molar-refractivity contribution >= 4 is 11.8 Å². The second-order valence-corrected chi connectivity index (χ2v) is 7.22. The smallest absolute Gasteiger partial charge is 0.0285 e. The molecule has 0 aromatic heterocycles. The van der Waals surface area contributed by atoms with Crippen LogP contribution < -0.4 is 5.32 Å². The lowest BCUT2D eigenvalue weighted by Crippen LogP contribution is -2.50. The molecule has 1 N–H and O–H groups in total. The molecule has 1 saturated heterocycles. The van der Waals surface area contributed by atoms with Crippen molar-refractivity contribution in [1.29, 1.82) is 0 Å². The van der Waals surface area contributed by atoms with Gasteiger partial charge < -0.3 is 10.2 Å². The van der Waals surface area contributed by atoms with Crippen LogP contribution >= 0.6 is 11.8 Å². The van der Waals surface area contributed by atoms with Gasteiger partial charge in [0.1, 0.15) is 0 Å². The molecule has 1 saturated carbocycles. The number of piperidine rings is 1. The van der Waals surface area contributed by atoms with E-state index in [0.717, 1.165) is 12.0 Å². The Bertz CT molecular complexity index is 240. The predicted octanol–water partition coefficient (Wildman–Crippen LogP) is 2.59. The Hall–Kier alpha value is 0.270. The summed E-state index contributed by atoms with van der Waals surface area (Å²) in [6, 6.07) is 0.760. The molecule has 3 heteroatoms. The van der Waals surface area contributed by atoms with Crippen LogP contribution in [-0.4, -0.2) is 48.1 Å². The van der Waals surface area contributed by atoms with Crippen LogP contribution in [-0.2, 0) is 0 Å². The Morgan fingerprint density at radius 2 is 2.18 bits per heavy atom. The van der Waals surface area contributed by atoms with E-state index in [9.17, 15) is 0 Å². The molecule has 2 unspecified atom stereocenters. The zero-order valence-electron chi connectivity index (χ0n) is 11.7. The minimum atomic E-state index is 0.642. The van der Waals surface area contributed by atoms with Gasteiger partial charge in [0.2, 0.25) is 0 Å². The average molecular weight is 256 g/mol. The number of nitrogens with zero attached hydrogens (tertiary/aromatic N) is 1. The number of nitrogens with one attached hydrogen (secondary N) is 1. The second kappa shape index (κ2) is 5.94. The molecule has 0 aromatic rings. The standard InChI is InChI=1S/C14H28N2S/c1-4-8-15-13-5-9-16(10-12(13)2)11-14(17-3)6-7-14/h12-13,15H,4-11H2,1-3H3. The highest BCUT2D eigenvalue weighted by Gasteiger charge is 2.43. The van der Waals surface area contributed by atoms with E-state index in [2.05, 4.69) is 42.1 Å². The molecule has 17 heavy (non-hydrogen) atoms. The van der Waals surface area contributed by atoms with E-state index >= 15 is 0 Å². The third kappa shape index (κ3) is 3.62. The molecule has 1 heterocycles. The number of rotatable bonds is 6. The summed E-state index contributed by atoms with van der Waals surface area (Å²) in [7, 11) is 0. The third-order valence-electron chi connectivity index (χ3n) is 4.40. The fraction of sp³-hybridized carbons (Fsp3) is 1.00. The maximum Gasteiger partial charge on any atom is 0.0285 e. The van der Waals surface area contributed by atoms with Crippen molar-refractivity contribution in [3.8, 4) is 0 Å². The summed E-state index contributed by atoms with van der Waals surface area (Å²) in [4.78, 5) is 2.71. The first kappa shape index (κ1) is 13.7. The average Bonchev–Trinajstić information content (AvgIpc) is 3.09. The summed E-state index contributed by atoms with van der Waals surface area (Å²) in [5.74, 6) is 0.813. The minimum Gasteiger partial charge on any atom is -0.314 e. The van der Waals surface area contributed by atoms with Gasteiger partial charge in [0.15, 0.2) is 0 Å². The molecule has 0 spiro atoms. The first-order valence-corrected chi connectivity index (χ1v) is 8.42. The molecule has 1 aliphatic heterocycles. The second-order valence-electron chi connectivity index (χ2n) is 5.95. The largest absolute Gasteiger partial charge is 0.314 e. The van der Waals surface area contributed by atoms with Gasteiger partial charge in [0.25, 0.3) is 0 Å². The van der Waals surface area contributed by atoms with Crippen LogP contribution in [0.25, 0.3) is 0 Å². The summed E-state index contributed by atoms with van der Waals surface area (Å²) in [6.45, 7) is 9.78. The molecule has 2 aliphatic rings. The first-order valence-electron chi connectivity index (χ1n) is 7.20. The Balaban J connectivity index is 1.74. The quantitative estimate of drug-likeness (QED) is 0.786. The van der Waals surface area contributed by atoms with E-state index in [1.54, 1.807) is 0 Å². The van der Waals surface area contributed by atoms with Crippen molar-refractivity contribution in [2.75, 3.05) is 32.4 Å². The maximum atomic E-state index is 3.70. The number of hydrogen-bond acceptors (Lipinski definition) is 3. The first-order chi connectivity index (χ1) is 8.19. The van der Waals surface area contributed by atoms with E-state index < -0.39 is 0 Å². The summed E-state index contributed by atoms with van der Waals surface area (Å²) in [6.07, 6.45) is 7.76. The number of thioether (sulfide) groups is 1. The topological polar surface area (TPSA) is 15.3 Å². The zero-order chi connectivity index (χ0) is 12.3. The van der Waals surface area contributed by atoms with E-state index in [0.29, 0.717) is 4.75 Å². The van der Waals surface area contributed by atoms with Gasteiger partial charge in [-0.2, -0.15) is 11.8 Å². The maximum absolute atomic E-state index is 3.70. The van der Waals surface area contributed by atoms with Crippen molar-refractivity contribution in [2.45, 2.75) is 50.3 Å². The molecule has 0 aromatic carbocycles. The van der Waals surface area contributed by atoms with Crippen molar-refractivity contribution in [1.82, 2.24) is 10.2 Å². The Labute approximate surface area is 111 Å². The van der Waals surface area contributed by atoms with Crippen LogP contribution in [0.2, 0.25) is 0 Å². The summed E-state index contributed by atoms with van der Waals surface area (Å²) in [5.41, 5.74) is 0. The molecule has 2 nitrogen and oxygen atoms in total. The van der Waals surface area contributed by atoms with Crippen molar-refractivity contribution in [3.05, 3.63) is 0 Å². The van der Waals surface area contributed by atoms with Gasteiger partial charge in [-0.3, -0.25) is 0 Å². The number of hydrogen-bond donors (Lipinski definition) is 1. The number of likely N-dealkylation sites (tertiary alicyclic amines) is 1. The molecule has 2 fully saturated rings.